The van der Waals surface area contributed by atoms with Crippen LogP contribution in [0.15, 0.2) is 6.07 Å². The van der Waals surface area contributed by atoms with Crippen LogP contribution in [-0.2, 0) is 19.2 Å². The van der Waals surface area contributed by atoms with Crippen LogP contribution < -0.4 is 15.4 Å². The average molecular weight is 542 g/mol. The molecule has 2 aliphatic heterocycles. The Bertz CT molecular complexity index is 1060. The number of piperidine rings is 1. The molecule has 38 heavy (non-hydrogen) atoms. The van der Waals surface area contributed by atoms with Crippen LogP contribution in [0.1, 0.15) is 51.4 Å². The van der Waals surface area contributed by atoms with E-state index in [0.717, 1.165) is 25.7 Å². The highest BCUT2D eigenvalue weighted by Gasteiger charge is 2.36. The number of rotatable bonds is 9. The largest absolute Gasteiger partial charge is 0.479 e. The summed E-state index contributed by atoms with van der Waals surface area (Å²) in [4.78, 5) is 52.5. The van der Waals surface area contributed by atoms with Crippen molar-refractivity contribution in [1.29, 1.82) is 0 Å². The first kappa shape index (κ1) is 27.8. The molecule has 2 heterocycles. The van der Waals surface area contributed by atoms with Gasteiger partial charge in [0, 0.05) is 43.5 Å². The maximum atomic E-state index is 13.9. The van der Waals surface area contributed by atoms with Crippen molar-refractivity contribution in [3.05, 3.63) is 29.3 Å². The second kappa shape index (κ2) is 12.1. The number of carbonyl (C=O) groups excluding carboxylic acids is 4. The lowest BCUT2D eigenvalue weighted by Crippen LogP contribution is -2.49. The number of nitrogens with one attached hydrogen (secondary N) is 2. The zero-order valence-corrected chi connectivity index (χ0v) is 20.9. The van der Waals surface area contributed by atoms with E-state index in [1.807, 2.05) is 0 Å². The summed E-state index contributed by atoms with van der Waals surface area (Å²) in [6.07, 6.45) is 5.03. The van der Waals surface area contributed by atoms with Gasteiger partial charge >= 0.3 is 0 Å². The number of nitrogens with zero attached hydrogens (tertiary/aromatic N) is 1. The zero-order valence-electron chi connectivity index (χ0n) is 20.9. The molecule has 8 nitrogen and oxygen atoms in total. The summed E-state index contributed by atoms with van der Waals surface area (Å²) in [7, 11) is 0. The smallest absolute Gasteiger partial charge is 0.225 e. The number of carbonyl (C=O) groups is 4. The van der Waals surface area contributed by atoms with Crippen molar-refractivity contribution in [3.63, 3.8) is 0 Å². The molecule has 2 unspecified atom stereocenters. The van der Waals surface area contributed by atoms with E-state index in [9.17, 15) is 36.7 Å². The van der Waals surface area contributed by atoms with E-state index >= 15 is 0 Å². The third-order valence-corrected chi connectivity index (χ3v) is 7.70. The van der Waals surface area contributed by atoms with E-state index in [-0.39, 0.29) is 30.2 Å². The van der Waals surface area contributed by atoms with Gasteiger partial charge in [0.15, 0.2) is 23.2 Å². The minimum absolute atomic E-state index is 0.0215. The van der Waals surface area contributed by atoms with Gasteiger partial charge in [-0.1, -0.05) is 12.8 Å². The van der Waals surface area contributed by atoms with Gasteiger partial charge in [0.2, 0.25) is 29.4 Å². The normalized spacial score (nSPS) is 21.3. The minimum atomic E-state index is -1.79. The molecule has 1 aromatic rings. The Morgan fingerprint density at radius 1 is 0.974 bits per heavy atom. The first-order chi connectivity index (χ1) is 18.2. The van der Waals surface area contributed by atoms with Crippen LogP contribution in [0.2, 0.25) is 0 Å². The maximum Gasteiger partial charge on any atom is 0.225 e. The van der Waals surface area contributed by atoms with Crippen molar-refractivity contribution in [2.45, 2.75) is 57.4 Å². The Morgan fingerprint density at radius 2 is 1.61 bits per heavy atom. The number of likely N-dealkylation sites (tertiary alicyclic amines) is 1. The number of ether oxygens (including phenoxy) is 1. The van der Waals surface area contributed by atoms with E-state index in [0.29, 0.717) is 38.9 Å². The fraction of sp³-hybridized carbons (Fsp3) is 0.615. The second-order valence-corrected chi connectivity index (χ2v) is 10.2. The van der Waals surface area contributed by atoms with Gasteiger partial charge in [0.05, 0.1) is 6.04 Å². The number of hydrogen-bond donors (Lipinski definition) is 2. The Kier molecular flexibility index (Phi) is 8.88. The monoisotopic (exact) mass is 541 g/mol. The van der Waals surface area contributed by atoms with Gasteiger partial charge in [0.25, 0.3) is 0 Å². The van der Waals surface area contributed by atoms with Gasteiger partial charge in [0.1, 0.15) is 6.61 Å². The van der Waals surface area contributed by atoms with Crippen molar-refractivity contribution >= 4 is 23.5 Å². The molecule has 1 saturated carbocycles. The Hall–Kier alpha value is -3.18. The molecule has 2 N–H and O–H groups in total. The van der Waals surface area contributed by atoms with Crippen molar-refractivity contribution in [2.75, 3.05) is 26.2 Å². The first-order valence-electron chi connectivity index (χ1n) is 13.0. The molecule has 3 fully saturated rings. The van der Waals surface area contributed by atoms with Crippen molar-refractivity contribution in [2.24, 2.45) is 17.8 Å². The van der Waals surface area contributed by atoms with E-state index < -0.39 is 65.2 Å². The molecular formula is C26H31F4N3O5. The highest BCUT2D eigenvalue weighted by molar-refractivity contribution is 5.92. The molecule has 3 aliphatic rings. The number of amides is 3. The zero-order chi connectivity index (χ0) is 27.4. The van der Waals surface area contributed by atoms with Gasteiger partial charge in [-0.15, -0.1) is 0 Å². The SMILES string of the molecule is O=C1NCCC1CC(NC(=O)C1CCN(C(=O)C2CCCC2)CC1)C(=O)COc1c(F)c(F)cc(F)c1F. The average Bonchev–Trinajstić information content (AvgIpc) is 3.59. The van der Waals surface area contributed by atoms with E-state index in [1.54, 1.807) is 4.90 Å². The number of benzene rings is 1. The minimum Gasteiger partial charge on any atom is -0.479 e. The number of hydrogen-bond acceptors (Lipinski definition) is 5. The van der Waals surface area contributed by atoms with Gasteiger partial charge < -0.3 is 20.3 Å². The fourth-order valence-electron chi connectivity index (χ4n) is 5.43. The standard InChI is InChI=1S/C26H31F4N3O5/c27-17-12-18(28)22(30)23(21(17)29)38-13-20(34)19(11-16-5-8-31-24(16)35)32-25(36)14-6-9-33(10-7-14)26(37)15-3-1-2-4-15/h12,14-16,19H,1-11,13H2,(H,31,35)(H,32,36). The van der Waals surface area contributed by atoms with Crippen molar-refractivity contribution in [3.8, 4) is 5.75 Å². The lowest BCUT2D eigenvalue weighted by molar-refractivity contribution is -0.139. The lowest BCUT2D eigenvalue weighted by atomic mass is 9.92. The number of ketones is 1. The predicted octanol–water partition coefficient (Wildman–Crippen LogP) is 2.63. The highest BCUT2D eigenvalue weighted by atomic mass is 19.2. The molecule has 0 radical (unpaired) electrons. The third-order valence-electron chi connectivity index (χ3n) is 7.70. The van der Waals surface area contributed by atoms with Crippen molar-refractivity contribution < 1.29 is 41.5 Å². The van der Waals surface area contributed by atoms with Crippen LogP contribution in [-0.4, -0.2) is 60.7 Å². The molecule has 208 valence electrons. The predicted molar refractivity (Wildman–Crippen MR) is 126 cm³/mol. The summed E-state index contributed by atoms with van der Waals surface area (Å²) in [5.74, 6) is -10.7. The number of halogens is 4. The lowest BCUT2D eigenvalue weighted by Gasteiger charge is -2.33. The summed E-state index contributed by atoms with van der Waals surface area (Å²) < 4.78 is 59.7. The Labute approximate surface area is 217 Å². The van der Waals surface area contributed by atoms with E-state index in [1.165, 1.54) is 0 Å². The molecule has 0 bridgehead atoms. The van der Waals surface area contributed by atoms with Gasteiger partial charge in [-0.05, 0) is 38.5 Å². The van der Waals surface area contributed by atoms with E-state index in [4.69, 9.17) is 4.74 Å². The molecule has 0 spiro atoms. The van der Waals surface area contributed by atoms with Gasteiger partial charge in [-0.2, -0.15) is 8.78 Å². The molecule has 4 rings (SSSR count). The molecule has 3 amide bonds. The summed E-state index contributed by atoms with van der Waals surface area (Å²) in [5.41, 5.74) is 0. The van der Waals surface area contributed by atoms with Crippen LogP contribution in [0.4, 0.5) is 17.6 Å². The van der Waals surface area contributed by atoms with Crippen LogP contribution in [0.3, 0.4) is 0 Å². The molecule has 0 aromatic heterocycles. The quantitative estimate of drug-likeness (QED) is 0.370. The van der Waals surface area contributed by atoms with Gasteiger partial charge in [-0.25, -0.2) is 8.78 Å². The first-order valence-corrected chi connectivity index (χ1v) is 13.0. The van der Waals surface area contributed by atoms with Crippen LogP contribution >= 0.6 is 0 Å². The summed E-state index contributed by atoms with van der Waals surface area (Å²) in [6.45, 7) is 0.263. The topological polar surface area (TPSA) is 105 Å². The van der Waals surface area contributed by atoms with Gasteiger partial charge in [-0.3, -0.25) is 19.2 Å². The Balaban J connectivity index is 1.38. The molecule has 2 saturated heterocycles. The van der Waals surface area contributed by atoms with Crippen LogP contribution in [0.25, 0.3) is 0 Å². The summed E-state index contributed by atoms with van der Waals surface area (Å²) in [5, 5.41) is 5.27. The molecule has 1 aromatic carbocycles. The molecule has 12 heteroatoms. The summed E-state index contributed by atoms with van der Waals surface area (Å²) >= 11 is 0. The summed E-state index contributed by atoms with van der Waals surface area (Å²) in [6, 6.07) is -1.20. The van der Waals surface area contributed by atoms with Crippen LogP contribution in [0.5, 0.6) is 5.75 Å². The molecule has 2 atom stereocenters. The van der Waals surface area contributed by atoms with E-state index in [2.05, 4.69) is 10.6 Å². The van der Waals surface area contributed by atoms with Crippen molar-refractivity contribution in [1.82, 2.24) is 15.5 Å². The highest BCUT2D eigenvalue weighted by Crippen LogP contribution is 2.29. The maximum absolute atomic E-state index is 13.9. The fourth-order valence-corrected chi connectivity index (χ4v) is 5.43. The Morgan fingerprint density at radius 3 is 2.18 bits per heavy atom. The second-order valence-electron chi connectivity index (χ2n) is 10.2. The molecule has 1 aliphatic carbocycles. The van der Waals surface area contributed by atoms with Crippen LogP contribution in [0, 0.1) is 41.0 Å². The third kappa shape index (κ3) is 6.27. The molecular weight excluding hydrogens is 510 g/mol. The number of Topliss-reactive ketones (excluding diaryl/α,β-unsaturated/α-hetero) is 1.